The topological polar surface area (TPSA) is 46.5 Å². The number of aliphatic hydroxyl groups excluding tert-OH is 1. The lowest BCUT2D eigenvalue weighted by Gasteiger charge is -2.23. The lowest BCUT2D eigenvalue weighted by Crippen LogP contribution is -2.21. The number of methoxy groups -OCH3 is 1. The van der Waals surface area contributed by atoms with Gasteiger partial charge in [0.1, 0.15) is 11.5 Å². The second kappa shape index (κ2) is 6.48. The van der Waals surface area contributed by atoms with E-state index in [0.717, 1.165) is 41.5 Å². The summed E-state index contributed by atoms with van der Waals surface area (Å²) in [5.41, 5.74) is 4.15. The predicted octanol–water partition coefficient (Wildman–Crippen LogP) is 5.59. The highest BCUT2D eigenvalue weighted by atomic mass is 35.5. The van der Waals surface area contributed by atoms with E-state index in [1.165, 1.54) is 0 Å². The average molecular weight is 369 g/mol. The molecule has 2 bridgehead atoms. The summed E-state index contributed by atoms with van der Waals surface area (Å²) in [5.74, 6) is 1.21. The number of carbonyl (C=O) groups is 1. The van der Waals surface area contributed by atoms with Crippen molar-refractivity contribution >= 4 is 23.0 Å². The fourth-order valence-electron chi connectivity index (χ4n) is 4.24. The second-order valence-electron chi connectivity index (χ2n) is 7.21. The molecule has 2 aromatic rings. The summed E-state index contributed by atoms with van der Waals surface area (Å²) in [6.07, 6.45) is 2.56. The SMILES string of the molecule is COc1cc(Cl)ccc1-c1ccc(C)c(C2=C(O)[C@H]3CC[C@H](C3)C2=O)c1. The van der Waals surface area contributed by atoms with E-state index in [4.69, 9.17) is 16.3 Å². The molecule has 2 aliphatic carbocycles. The molecule has 2 aliphatic rings. The first kappa shape index (κ1) is 17.2. The van der Waals surface area contributed by atoms with Crippen molar-refractivity contribution in [2.75, 3.05) is 7.11 Å². The zero-order valence-corrected chi connectivity index (χ0v) is 15.6. The van der Waals surface area contributed by atoms with Gasteiger partial charge < -0.3 is 9.84 Å². The highest BCUT2D eigenvalue weighted by Gasteiger charge is 2.41. The molecule has 0 aromatic heterocycles. The highest BCUT2D eigenvalue weighted by Crippen LogP contribution is 2.46. The van der Waals surface area contributed by atoms with Crippen molar-refractivity contribution in [1.82, 2.24) is 0 Å². The maximum Gasteiger partial charge on any atom is 0.169 e. The molecule has 0 amide bonds. The summed E-state index contributed by atoms with van der Waals surface area (Å²) in [6, 6.07) is 11.5. The fourth-order valence-corrected chi connectivity index (χ4v) is 4.40. The largest absolute Gasteiger partial charge is 0.511 e. The molecule has 3 nitrogen and oxygen atoms in total. The molecule has 4 rings (SSSR count). The number of fused-ring (bicyclic) bond motifs is 2. The van der Waals surface area contributed by atoms with Crippen LogP contribution in [0.1, 0.15) is 30.4 Å². The van der Waals surface area contributed by atoms with E-state index >= 15 is 0 Å². The van der Waals surface area contributed by atoms with Gasteiger partial charge in [0.2, 0.25) is 0 Å². The minimum atomic E-state index is 0.0547. The molecule has 0 spiro atoms. The van der Waals surface area contributed by atoms with Crippen molar-refractivity contribution in [3.05, 3.63) is 58.3 Å². The Morgan fingerprint density at radius 3 is 2.62 bits per heavy atom. The van der Waals surface area contributed by atoms with Crippen molar-refractivity contribution in [2.24, 2.45) is 11.8 Å². The van der Waals surface area contributed by atoms with E-state index in [0.29, 0.717) is 16.3 Å². The molecule has 1 fully saturated rings. The molecule has 2 aromatic carbocycles. The second-order valence-corrected chi connectivity index (χ2v) is 7.64. The number of carbonyl (C=O) groups excluding carboxylic acids is 1. The number of ketones is 1. The van der Waals surface area contributed by atoms with Crippen LogP contribution in [0.25, 0.3) is 16.7 Å². The maximum atomic E-state index is 12.9. The van der Waals surface area contributed by atoms with Crippen LogP contribution in [0.3, 0.4) is 0 Å². The first-order valence-electron chi connectivity index (χ1n) is 8.92. The Labute approximate surface area is 158 Å². The van der Waals surface area contributed by atoms with Crippen LogP contribution in [0, 0.1) is 18.8 Å². The van der Waals surface area contributed by atoms with Gasteiger partial charge in [-0.1, -0.05) is 23.7 Å². The van der Waals surface area contributed by atoms with E-state index in [1.54, 1.807) is 13.2 Å². The van der Waals surface area contributed by atoms with E-state index in [1.807, 2.05) is 37.3 Å². The fraction of sp³-hybridized carbons (Fsp3) is 0.318. The van der Waals surface area contributed by atoms with Crippen LogP contribution in [-0.4, -0.2) is 18.0 Å². The number of rotatable bonds is 3. The van der Waals surface area contributed by atoms with E-state index < -0.39 is 0 Å². The summed E-state index contributed by atoms with van der Waals surface area (Å²) >= 11 is 6.07. The molecule has 1 N–H and O–H groups in total. The van der Waals surface area contributed by atoms with Crippen LogP contribution in [-0.2, 0) is 4.79 Å². The minimum absolute atomic E-state index is 0.0547. The van der Waals surface area contributed by atoms with Gasteiger partial charge in [0, 0.05) is 22.4 Å². The van der Waals surface area contributed by atoms with Gasteiger partial charge in [-0.15, -0.1) is 0 Å². The lowest BCUT2D eigenvalue weighted by molar-refractivity contribution is -0.117. The molecule has 0 heterocycles. The zero-order chi connectivity index (χ0) is 18.4. The first-order chi connectivity index (χ1) is 12.5. The van der Waals surface area contributed by atoms with Gasteiger partial charge in [0.15, 0.2) is 5.78 Å². The quantitative estimate of drug-likeness (QED) is 0.767. The summed E-state index contributed by atoms with van der Waals surface area (Å²) in [6.45, 7) is 1.97. The molecule has 0 saturated heterocycles. The van der Waals surface area contributed by atoms with Gasteiger partial charge in [0.25, 0.3) is 0 Å². The number of Topliss-reactive ketones (excluding diaryl/α,β-unsaturated/α-hetero) is 1. The van der Waals surface area contributed by atoms with Crippen LogP contribution in [0.15, 0.2) is 42.2 Å². The van der Waals surface area contributed by atoms with Crippen molar-refractivity contribution in [1.29, 1.82) is 0 Å². The Kier molecular flexibility index (Phi) is 4.28. The number of aliphatic hydroxyl groups is 1. The molecule has 4 heteroatoms. The monoisotopic (exact) mass is 368 g/mol. The number of allylic oxidation sites excluding steroid dienone is 2. The van der Waals surface area contributed by atoms with Crippen LogP contribution >= 0.6 is 11.6 Å². The molecule has 134 valence electrons. The van der Waals surface area contributed by atoms with Gasteiger partial charge in [0.05, 0.1) is 12.7 Å². The van der Waals surface area contributed by atoms with Crippen molar-refractivity contribution in [2.45, 2.75) is 26.2 Å². The molecule has 0 radical (unpaired) electrons. The molecule has 1 saturated carbocycles. The minimum Gasteiger partial charge on any atom is -0.511 e. The van der Waals surface area contributed by atoms with E-state index in [-0.39, 0.29) is 23.4 Å². The number of aryl methyl sites for hydroxylation is 1. The Morgan fingerprint density at radius 2 is 1.85 bits per heavy atom. The van der Waals surface area contributed by atoms with Gasteiger partial charge in [-0.2, -0.15) is 0 Å². The molecular formula is C22H21ClO3. The molecule has 0 aliphatic heterocycles. The van der Waals surface area contributed by atoms with Crippen LogP contribution in [0.5, 0.6) is 5.75 Å². The van der Waals surface area contributed by atoms with Gasteiger partial charge in [-0.05, 0) is 67.1 Å². The third kappa shape index (κ3) is 2.71. The van der Waals surface area contributed by atoms with E-state index in [2.05, 4.69) is 0 Å². The van der Waals surface area contributed by atoms with Gasteiger partial charge >= 0.3 is 0 Å². The Bertz CT molecular complexity index is 929. The Balaban J connectivity index is 1.86. The van der Waals surface area contributed by atoms with Crippen LogP contribution < -0.4 is 4.74 Å². The van der Waals surface area contributed by atoms with Crippen LogP contribution in [0.2, 0.25) is 5.02 Å². The Morgan fingerprint density at radius 1 is 1.08 bits per heavy atom. The Hall–Kier alpha value is -2.26. The van der Waals surface area contributed by atoms with Crippen molar-refractivity contribution in [3.63, 3.8) is 0 Å². The lowest BCUT2D eigenvalue weighted by atomic mass is 9.81. The van der Waals surface area contributed by atoms with E-state index in [9.17, 15) is 9.90 Å². The van der Waals surface area contributed by atoms with Crippen molar-refractivity contribution in [3.8, 4) is 16.9 Å². The summed E-state index contributed by atoms with van der Waals surface area (Å²) < 4.78 is 5.47. The number of hydrogen-bond donors (Lipinski definition) is 1. The first-order valence-corrected chi connectivity index (χ1v) is 9.29. The number of hydrogen-bond acceptors (Lipinski definition) is 3. The normalized spacial score (nSPS) is 22.0. The molecule has 26 heavy (non-hydrogen) atoms. The van der Waals surface area contributed by atoms with Gasteiger partial charge in [-0.3, -0.25) is 4.79 Å². The summed E-state index contributed by atoms with van der Waals surface area (Å²) in [4.78, 5) is 12.9. The molecule has 2 atom stereocenters. The zero-order valence-electron chi connectivity index (χ0n) is 14.9. The number of benzene rings is 2. The van der Waals surface area contributed by atoms with Gasteiger partial charge in [-0.25, -0.2) is 0 Å². The molecular weight excluding hydrogens is 348 g/mol. The third-order valence-electron chi connectivity index (χ3n) is 5.67. The van der Waals surface area contributed by atoms with Crippen molar-refractivity contribution < 1.29 is 14.6 Å². The summed E-state index contributed by atoms with van der Waals surface area (Å²) in [7, 11) is 1.61. The molecule has 0 unspecified atom stereocenters. The predicted molar refractivity (Wildman–Crippen MR) is 104 cm³/mol. The standard InChI is InChI=1S/C22H21ClO3/c1-12-3-4-13(17-8-7-16(23)11-19(17)26-2)10-18(12)20-21(24)14-5-6-15(9-14)22(20)25/h3-4,7-8,10-11,14-15,24H,5-6,9H2,1-2H3/t14-,15+/m0/s1. The number of ether oxygens (including phenoxy) is 1. The third-order valence-corrected chi connectivity index (χ3v) is 5.91. The van der Waals surface area contributed by atoms with Crippen LogP contribution in [0.4, 0.5) is 0 Å². The smallest absolute Gasteiger partial charge is 0.169 e. The highest BCUT2D eigenvalue weighted by molar-refractivity contribution is 6.30. The number of halogens is 1. The summed E-state index contributed by atoms with van der Waals surface area (Å²) in [5, 5.41) is 11.3. The average Bonchev–Trinajstić information content (AvgIpc) is 3.09. The maximum absolute atomic E-state index is 12.9.